The van der Waals surface area contributed by atoms with Crippen LogP contribution in [0.3, 0.4) is 0 Å². The number of nitrogens with zero attached hydrogens (tertiary/aromatic N) is 4. The third kappa shape index (κ3) is 4.01. The van der Waals surface area contributed by atoms with Crippen molar-refractivity contribution < 1.29 is 26.8 Å². The summed E-state index contributed by atoms with van der Waals surface area (Å²) in [6.07, 6.45) is 1.24. The Hall–Kier alpha value is -4.10. The second-order valence-corrected chi connectivity index (χ2v) is 8.46. The van der Waals surface area contributed by atoms with E-state index >= 15 is 0 Å². The first-order valence-corrected chi connectivity index (χ1v) is 11.1. The number of fused-ring (bicyclic) bond motifs is 1. The van der Waals surface area contributed by atoms with E-state index in [0.717, 1.165) is 10.5 Å². The molecular formula is C25H15ClF4N4O2. The van der Waals surface area contributed by atoms with E-state index in [1.807, 2.05) is 6.07 Å². The van der Waals surface area contributed by atoms with Crippen molar-refractivity contribution >= 4 is 28.7 Å². The van der Waals surface area contributed by atoms with Crippen LogP contribution in [0.5, 0.6) is 0 Å². The van der Waals surface area contributed by atoms with Crippen molar-refractivity contribution in [3.05, 3.63) is 88.5 Å². The summed E-state index contributed by atoms with van der Waals surface area (Å²) in [6, 6.07) is 8.60. The summed E-state index contributed by atoms with van der Waals surface area (Å²) in [7, 11) is 0. The van der Waals surface area contributed by atoms with Gasteiger partial charge in [0.15, 0.2) is 11.3 Å². The van der Waals surface area contributed by atoms with Gasteiger partial charge in [-0.3, -0.25) is 9.20 Å². The van der Waals surface area contributed by atoms with Crippen LogP contribution in [0.4, 0.5) is 17.6 Å². The highest BCUT2D eigenvalue weighted by atomic mass is 35.5. The van der Waals surface area contributed by atoms with E-state index in [-0.39, 0.29) is 35.1 Å². The first kappa shape index (κ1) is 23.6. The van der Waals surface area contributed by atoms with E-state index in [0.29, 0.717) is 23.1 Å². The number of hydrogen-bond acceptors (Lipinski definition) is 4. The molecule has 0 radical (unpaired) electrons. The number of aromatic nitrogens is 2. The minimum atomic E-state index is -4.75. The van der Waals surface area contributed by atoms with Gasteiger partial charge in [0.05, 0.1) is 23.7 Å². The number of imidazole rings is 1. The predicted octanol–water partition coefficient (Wildman–Crippen LogP) is 6.21. The van der Waals surface area contributed by atoms with Crippen molar-refractivity contribution in [3.63, 3.8) is 0 Å². The van der Waals surface area contributed by atoms with Crippen molar-refractivity contribution in [1.82, 2.24) is 14.3 Å². The van der Waals surface area contributed by atoms with Crippen LogP contribution < -0.4 is 0 Å². The van der Waals surface area contributed by atoms with Crippen molar-refractivity contribution in [3.8, 4) is 17.2 Å². The standard InChI is InChI=1S/C25H15ClF4N4O2/c26-22-21(24(35)33-7-4-14(5-8-33)17-2-1-3-20(27)18(17)11-31)32-23-19(25(28,29)30)10-16(12-34(22)23)15-6-9-36-13-15/h1-4,6,9-10,12-13H,5,7-8H2. The molecule has 1 amide bonds. The number of rotatable bonds is 3. The molecule has 182 valence electrons. The minimum Gasteiger partial charge on any atom is -0.472 e. The average molecular weight is 515 g/mol. The van der Waals surface area contributed by atoms with Crippen LogP contribution in [0.15, 0.2) is 59.5 Å². The lowest BCUT2D eigenvalue weighted by Gasteiger charge is -2.26. The predicted molar refractivity (Wildman–Crippen MR) is 123 cm³/mol. The first-order valence-electron chi connectivity index (χ1n) is 10.7. The number of pyridine rings is 1. The molecule has 0 spiro atoms. The number of amides is 1. The summed E-state index contributed by atoms with van der Waals surface area (Å²) < 4.78 is 61.6. The number of alkyl halides is 3. The zero-order chi connectivity index (χ0) is 25.6. The van der Waals surface area contributed by atoms with E-state index < -0.39 is 29.1 Å². The summed E-state index contributed by atoms with van der Waals surface area (Å²) in [5, 5.41) is 9.03. The average Bonchev–Trinajstić information content (AvgIpc) is 3.51. The second-order valence-electron chi connectivity index (χ2n) is 8.10. The van der Waals surface area contributed by atoms with Crippen molar-refractivity contribution in [2.45, 2.75) is 12.6 Å². The van der Waals surface area contributed by atoms with Gasteiger partial charge in [-0.05, 0) is 35.8 Å². The molecular weight excluding hydrogens is 500 g/mol. The fraction of sp³-hybridized carbons (Fsp3) is 0.160. The smallest absolute Gasteiger partial charge is 0.420 e. The second kappa shape index (κ2) is 8.84. The summed E-state index contributed by atoms with van der Waals surface area (Å²) in [5.74, 6) is -1.28. The van der Waals surface area contributed by atoms with Crippen LogP contribution in [0.25, 0.3) is 22.3 Å². The molecule has 6 nitrogen and oxygen atoms in total. The SMILES string of the molecule is N#Cc1c(F)cccc1C1=CCN(C(=O)c2nc3c(C(F)(F)F)cc(-c4ccoc4)cn3c2Cl)CC1. The molecule has 0 unspecified atom stereocenters. The molecule has 1 aromatic carbocycles. The highest BCUT2D eigenvalue weighted by Crippen LogP contribution is 2.37. The van der Waals surface area contributed by atoms with Crippen LogP contribution >= 0.6 is 11.6 Å². The maximum Gasteiger partial charge on any atom is 0.420 e. The fourth-order valence-electron chi connectivity index (χ4n) is 4.20. The van der Waals surface area contributed by atoms with E-state index in [1.165, 1.54) is 41.8 Å². The maximum atomic E-state index is 14.0. The van der Waals surface area contributed by atoms with Crippen molar-refractivity contribution in [2.24, 2.45) is 0 Å². The highest BCUT2D eigenvalue weighted by molar-refractivity contribution is 6.33. The summed E-state index contributed by atoms with van der Waals surface area (Å²) in [6.45, 7) is 0.273. The monoisotopic (exact) mass is 514 g/mol. The van der Waals surface area contributed by atoms with Crippen molar-refractivity contribution in [1.29, 1.82) is 5.26 Å². The molecule has 0 saturated carbocycles. The molecule has 4 heterocycles. The molecule has 0 fully saturated rings. The first-order chi connectivity index (χ1) is 17.2. The zero-order valence-corrected chi connectivity index (χ0v) is 19.1. The van der Waals surface area contributed by atoms with Crippen LogP contribution in [0, 0.1) is 17.1 Å². The van der Waals surface area contributed by atoms with Gasteiger partial charge >= 0.3 is 6.18 Å². The van der Waals surface area contributed by atoms with E-state index in [2.05, 4.69) is 4.98 Å². The van der Waals surface area contributed by atoms with Crippen LogP contribution in [-0.4, -0.2) is 33.3 Å². The number of hydrogen-bond donors (Lipinski definition) is 0. The number of carbonyl (C=O) groups is 1. The zero-order valence-electron chi connectivity index (χ0n) is 18.3. The number of halogens is 5. The molecule has 0 bridgehead atoms. The Balaban J connectivity index is 1.51. The van der Waals surface area contributed by atoms with Crippen LogP contribution in [-0.2, 0) is 6.18 Å². The van der Waals surface area contributed by atoms with Gasteiger partial charge in [-0.25, -0.2) is 9.37 Å². The maximum absolute atomic E-state index is 14.0. The number of benzene rings is 1. The van der Waals surface area contributed by atoms with E-state index in [4.69, 9.17) is 16.0 Å². The molecule has 5 rings (SSSR count). The van der Waals surface area contributed by atoms with Gasteiger partial charge in [-0.1, -0.05) is 29.8 Å². The van der Waals surface area contributed by atoms with Gasteiger partial charge < -0.3 is 9.32 Å². The van der Waals surface area contributed by atoms with Gasteiger partial charge in [0.1, 0.15) is 17.0 Å². The highest BCUT2D eigenvalue weighted by Gasteiger charge is 2.36. The van der Waals surface area contributed by atoms with Gasteiger partial charge in [0.2, 0.25) is 0 Å². The molecule has 1 aliphatic heterocycles. The Morgan fingerprint density at radius 3 is 2.67 bits per heavy atom. The Kier molecular flexibility index (Phi) is 5.80. The summed E-state index contributed by atoms with van der Waals surface area (Å²) >= 11 is 6.38. The lowest BCUT2D eigenvalue weighted by Crippen LogP contribution is -2.35. The number of nitriles is 1. The molecule has 0 atom stereocenters. The lowest BCUT2D eigenvalue weighted by molar-refractivity contribution is -0.136. The summed E-state index contributed by atoms with van der Waals surface area (Å²) in [4.78, 5) is 18.6. The largest absolute Gasteiger partial charge is 0.472 e. The minimum absolute atomic E-state index is 0.0833. The topological polar surface area (TPSA) is 74.5 Å². The third-order valence-electron chi connectivity index (χ3n) is 5.99. The van der Waals surface area contributed by atoms with E-state index in [9.17, 15) is 27.6 Å². The van der Waals surface area contributed by atoms with Gasteiger partial charge in [-0.2, -0.15) is 18.4 Å². The normalized spacial score (nSPS) is 14.1. The Bertz CT molecular complexity index is 1570. The molecule has 3 aromatic heterocycles. The molecule has 0 aliphatic carbocycles. The Morgan fingerprint density at radius 2 is 2.03 bits per heavy atom. The molecule has 4 aromatic rings. The van der Waals surface area contributed by atoms with Crippen LogP contribution in [0.1, 0.15) is 33.6 Å². The number of furan rings is 1. The third-order valence-corrected chi connectivity index (χ3v) is 6.35. The van der Waals surface area contributed by atoms with Crippen LogP contribution in [0.2, 0.25) is 5.15 Å². The number of carbonyl (C=O) groups excluding carboxylic acids is 1. The quantitative estimate of drug-likeness (QED) is 0.305. The Morgan fingerprint density at radius 1 is 1.22 bits per heavy atom. The van der Waals surface area contributed by atoms with Gasteiger partial charge in [-0.15, -0.1) is 0 Å². The molecule has 0 saturated heterocycles. The van der Waals surface area contributed by atoms with E-state index in [1.54, 1.807) is 12.1 Å². The lowest BCUT2D eigenvalue weighted by atomic mass is 9.95. The van der Waals surface area contributed by atoms with Gasteiger partial charge in [0, 0.05) is 30.4 Å². The molecule has 11 heteroatoms. The van der Waals surface area contributed by atoms with Gasteiger partial charge in [0.25, 0.3) is 5.91 Å². The molecule has 0 N–H and O–H groups in total. The summed E-state index contributed by atoms with van der Waals surface area (Å²) in [5.41, 5.74) is -0.198. The molecule has 36 heavy (non-hydrogen) atoms. The Labute approximate surface area is 206 Å². The molecule has 1 aliphatic rings. The fourth-order valence-corrected chi connectivity index (χ4v) is 4.45. The van der Waals surface area contributed by atoms with Crippen molar-refractivity contribution in [2.75, 3.05) is 13.1 Å².